The number of benzene rings is 1. The van der Waals surface area contributed by atoms with E-state index in [1.807, 2.05) is 32.9 Å². The molecule has 204 valence electrons. The molecule has 1 atom stereocenters. The number of nitrogens with one attached hydrogen (secondary N) is 4. The summed E-state index contributed by atoms with van der Waals surface area (Å²) in [5.74, 6) is -2.83. The van der Waals surface area contributed by atoms with Crippen molar-refractivity contribution in [2.24, 2.45) is 0 Å². The Kier molecular flexibility index (Phi) is 20.7. The zero-order valence-corrected chi connectivity index (χ0v) is 21.4. The van der Waals surface area contributed by atoms with Crippen LogP contribution in [0.4, 0.5) is 15.3 Å². The number of hydrogen-bond acceptors (Lipinski definition) is 5. The molecule has 0 spiro atoms. The highest BCUT2D eigenvalue weighted by Crippen LogP contribution is 2.08. The van der Waals surface area contributed by atoms with E-state index in [1.165, 1.54) is 0 Å². The summed E-state index contributed by atoms with van der Waals surface area (Å²) in [7, 11) is 0. The van der Waals surface area contributed by atoms with Crippen LogP contribution in [0.3, 0.4) is 0 Å². The summed E-state index contributed by atoms with van der Waals surface area (Å²) in [6.07, 6.45) is 1.39. The van der Waals surface area contributed by atoms with Crippen LogP contribution in [0.25, 0.3) is 0 Å². The SMILES string of the molecule is CC.CCC(=O)O.Cc1ccc(NC(=O)NCCCCC(CC(=O)O)NC(=O)NCCC(=O)O)cc1. The maximum Gasteiger partial charge on any atom is 0.319 e. The fourth-order valence-electron chi connectivity index (χ4n) is 2.49. The van der Waals surface area contributed by atoms with Crippen LogP contribution in [0.2, 0.25) is 0 Å². The Hall–Kier alpha value is -3.83. The first kappa shape index (κ1) is 34.3. The number of anilines is 1. The number of carboxylic acids is 3. The smallest absolute Gasteiger partial charge is 0.319 e. The van der Waals surface area contributed by atoms with Crippen molar-refractivity contribution in [2.45, 2.75) is 72.3 Å². The van der Waals surface area contributed by atoms with E-state index in [1.54, 1.807) is 19.1 Å². The van der Waals surface area contributed by atoms with Gasteiger partial charge in [0.05, 0.1) is 12.8 Å². The molecular formula is C24H40N4O8. The number of aliphatic carboxylic acids is 3. The summed E-state index contributed by atoms with van der Waals surface area (Å²) in [6, 6.07) is 5.88. The third-order valence-electron chi connectivity index (χ3n) is 4.26. The lowest BCUT2D eigenvalue weighted by Crippen LogP contribution is -2.43. The molecule has 0 fully saturated rings. The lowest BCUT2D eigenvalue weighted by molar-refractivity contribution is -0.138. The van der Waals surface area contributed by atoms with Crippen molar-refractivity contribution in [1.29, 1.82) is 0 Å². The second-order valence-electron chi connectivity index (χ2n) is 7.33. The molecule has 0 radical (unpaired) electrons. The number of amides is 4. The molecule has 0 aliphatic carbocycles. The van der Waals surface area contributed by atoms with Gasteiger partial charge in [0.25, 0.3) is 0 Å². The third kappa shape index (κ3) is 22.0. The standard InChI is InChI=1S/C19H28N4O6.C3H6O2.C2H6/c1-13-5-7-14(8-6-13)22-18(28)20-10-3-2-4-15(12-17(26)27)23-19(29)21-11-9-16(24)25;1-2-3(4)5;1-2/h5-8,15H,2-4,9-12H2,1H3,(H,24,25)(H,26,27)(H2,20,22,28)(H2,21,23,29);2H2,1H3,(H,4,5);1-2H3. The molecular weight excluding hydrogens is 472 g/mol. The van der Waals surface area contributed by atoms with Crippen LogP contribution in [0.15, 0.2) is 24.3 Å². The van der Waals surface area contributed by atoms with Crippen molar-refractivity contribution in [2.75, 3.05) is 18.4 Å². The lowest BCUT2D eigenvalue weighted by Gasteiger charge is -2.17. The predicted molar refractivity (Wildman–Crippen MR) is 136 cm³/mol. The van der Waals surface area contributed by atoms with Crippen LogP contribution in [-0.4, -0.2) is 64.4 Å². The molecule has 12 heteroatoms. The Morgan fingerprint density at radius 1 is 0.806 bits per heavy atom. The molecule has 12 nitrogen and oxygen atoms in total. The molecule has 0 aromatic heterocycles. The van der Waals surface area contributed by atoms with Crippen molar-refractivity contribution in [3.63, 3.8) is 0 Å². The number of urea groups is 2. The number of carboxylic acid groups (broad SMARTS) is 3. The van der Waals surface area contributed by atoms with Gasteiger partial charge in [0.15, 0.2) is 0 Å². The van der Waals surface area contributed by atoms with Gasteiger partial charge in [-0.25, -0.2) is 9.59 Å². The summed E-state index contributed by atoms with van der Waals surface area (Å²) in [4.78, 5) is 54.3. The molecule has 1 rings (SSSR count). The van der Waals surface area contributed by atoms with Crippen LogP contribution in [0.1, 0.15) is 64.9 Å². The van der Waals surface area contributed by atoms with Gasteiger partial charge in [-0.1, -0.05) is 38.5 Å². The van der Waals surface area contributed by atoms with Crippen molar-refractivity contribution in [3.8, 4) is 0 Å². The van der Waals surface area contributed by atoms with Gasteiger partial charge in [-0.05, 0) is 38.3 Å². The number of aryl methyl sites for hydroxylation is 1. The highest BCUT2D eigenvalue weighted by Gasteiger charge is 2.15. The summed E-state index contributed by atoms with van der Waals surface area (Å²) in [5.41, 5.74) is 1.78. The van der Waals surface area contributed by atoms with Gasteiger partial charge >= 0.3 is 30.0 Å². The number of rotatable bonds is 13. The van der Waals surface area contributed by atoms with E-state index >= 15 is 0 Å². The summed E-state index contributed by atoms with van der Waals surface area (Å²) < 4.78 is 0. The fourth-order valence-corrected chi connectivity index (χ4v) is 2.49. The quantitative estimate of drug-likeness (QED) is 0.195. The van der Waals surface area contributed by atoms with Gasteiger partial charge in [0, 0.05) is 31.2 Å². The monoisotopic (exact) mass is 512 g/mol. The second kappa shape index (κ2) is 21.7. The number of unbranched alkanes of at least 4 members (excludes halogenated alkanes) is 1. The fraction of sp³-hybridized carbons (Fsp3) is 0.542. The minimum absolute atomic E-state index is 0.0407. The van der Waals surface area contributed by atoms with E-state index in [9.17, 15) is 24.0 Å². The van der Waals surface area contributed by atoms with Crippen molar-refractivity contribution in [3.05, 3.63) is 29.8 Å². The van der Waals surface area contributed by atoms with Crippen LogP contribution in [0, 0.1) is 6.92 Å². The Balaban J connectivity index is 0. The van der Waals surface area contributed by atoms with E-state index in [-0.39, 0.29) is 31.8 Å². The van der Waals surface area contributed by atoms with Crippen LogP contribution in [0.5, 0.6) is 0 Å². The van der Waals surface area contributed by atoms with Crippen molar-refractivity contribution >= 4 is 35.7 Å². The molecule has 36 heavy (non-hydrogen) atoms. The molecule has 0 aliphatic heterocycles. The summed E-state index contributed by atoms with van der Waals surface area (Å²) in [6.45, 7) is 7.92. The highest BCUT2D eigenvalue weighted by molar-refractivity contribution is 5.89. The van der Waals surface area contributed by atoms with Crippen LogP contribution < -0.4 is 21.3 Å². The van der Waals surface area contributed by atoms with Gasteiger partial charge in [-0.2, -0.15) is 0 Å². The zero-order chi connectivity index (χ0) is 27.9. The Morgan fingerprint density at radius 3 is 1.86 bits per heavy atom. The number of hydrogen-bond donors (Lipinski definition) is 7. The van der Waals surface area contributed by atoms with E-state index in [0.717, 1.165) is 5.56 Å². The molecule has 7 N–H and O–H groups in total. The predicted octanol–water partition coefficient (Wildman–Crippen LogP) is 3.41. The lowest BCUT2D eigenvalue weighted by atomic mass is 10.1. The molecule has 1 aromatic carbocycles. The maximum atomic E-state index is 11.8. The molecule has 1 aromatic rings. The van der Waals surface area contributed by atoms with E-state index in [4.69, 9.17) is 15.3 Å². The highest BCUT2D eigenvalue weighted by atomic mass is 16.4. The van der Waals surface area contributed by atoms with Gasteiger partial charge < -0.3 is 36.6 Å². The molecule has 4 amide bonds. The Bertz CT molecular complexity index is 800. The minimum atomic E-state index is -1.04. The van der Waals surface area contributed by atoms with Gasteiger partial charge in [-0.15, -0.1) is 0 Å². The average molecular weight is 513 g/mol. The average Bonchev–Trinajstić information content (AvgIpc) is 2.81. The Morgan fingerprint density at radius 2 is 1.36 bits per heavy atom. The topological polar surface area (TPSA) is 194 Å². The first-order valence-corrected chi connectivity index (χ1v) is 11.8. The zero-order valence-electron chi connectivity index (χ0n) is 21.4. The van der Waals surface area contributed by atoms with Crippen molar-refractivity contribution in [1.82, 2.24) is 16.0 Å². The van der Waals surface area contributed by atoms with Gasteiger partial charge in [0.1, 0.15) is 0 Å². The molecule has 0 saturated carbocycles. The van der Waals surface area contributed by atoms with Crippen LogP contribution in [-0.2, 0) is 14.4 Å². The van der Waals surface area contributed by atoms with E-state index in [0.29, 0.717) is 31.5 Å². The first-order chi connectivity index (χ1) is 17.0. The molecule has 0 bridgehead atoms. The van der Waals surface area contributed by atoms with E-state index < -0.39 is 30.0 Å². The number of carbonyl (C=O) groups is 5. The number of carbonyl (C=O) groups excluding carboxylic acids is 2. The largest absolute Gasteiger partial charge is 0.481 e. The molecule has 0 aliphatic rings. The van der Waals surface area contributed by atoms with Gasteiger partial charge in [-0.3, -0.25) is 14.4 Å². The third-order valence-corrected chi connectivity index (χ3v) is 4.26. The summed E-state index contributed by atoms with van der Waals surface area (Å²) >= 11 is 0. The Labute approximate surface area is 211 Å². The maximum absolute atomic E-state index is 11.8. The molecule has 1 unspecified atom stereocenters. The van der Waals surface area contributed by atoms with Crippen LogP contribution >= 0.6 is 0 Å². The first-order valence-electron chi connectivity index (χ1n) is 11.8. The normalized spacial score (nSPS) is 10.2. The molecule has 0 saturated heterocycles. The minimum Gasteiger partial charge on any atom is -0.481 e. The van der Waals surface area contributed by atoms with Crippen molar-refractivity contribution < 1.29 is 39.3 Å². The molecule has 0 heterocycles. The second-order valence-corrected chi connectivity index (χ2v) is 7.33. The summed E-state index contributed by atoms with van der Waals surface area (Å²) in [5, 5.41) is 35.6. The van der Waals surface area contributed by atoms with E-state index in [2.05, 4.69) is 21.3 Å². The van der Waals surface area contributed by atoms with Gasteiger partial charge in [0.2, 0.25) is 0 Å².